The minimum Gasteiger partial charge on any atom is -0.368 e. The largest absolute Gasteiger partial charge is 0.368 e. The van der Waals surface area contributed by atoms with Gasteiger partial charge in [0.15, 0.2) is 17.2 Å². The third-order valence-electron chi connectivity index (χ3n) is 6.56. The number of benzene rings is 2. The average molecular weight is 504 g/mol. The maximum atomic E-state index is 13.1. The molecule has 0 saturated carbocycles. The fourth-order valence-corrected chi connectivity index (χ4v) is 4.72. The summed E-state index contributed by atoms with van der Waals surface area (Å²) in [6.45, 7) is 3.76. The molecule has 0 bridgehead atoms. The van der Waals surface area contributed by atoms with Gasteiger partial charge in [-0.2, -0.15) is 0 Å². The number of aryl methyl sites for hydroxylation is 1. The Labute approximate surface area is 214 Å². The lowest BCUT2D eigenvalue weighted by atomic mass is 9.92. The molecule has 4 rings (SSSR count). The standard InChI is InChI=1S/C27H29N5O5/c1-16-8-7-9-18(12-16)15-22-23(29-30-37-22)21(33)14-17(2)13-20(25(28)34)32-24(19-10-5-4-6-11-19)26(35)31(3)27(32)36/h4-12,17,20,24H,13-15H2,1-3H3,(H2,28,34)/t17-,20-,24+/m0/s1. The van der Waals surface area contributed by atoms with Crippen LogP contribution in [0.5, 0.6) is 0 Å². The third kappa shape index (κ3) is 5.42. The Bertz CT molecular complexity index is 1320. The highest BCUT2D eigenvalue weighted by Crippen LogP contribution is 2.34. The van der Waals surface area contributed by atoms with Gasteiger partial charge in [0.1, 0.15) is 12.1 Å². The number of Topliss-reactive ketones (excluding diaryl/α,β-unsaturated/α-hetero) is 1. The zero-order chi connectivity index (χ0) is 26.7. The molecule has 1 aliphatic heterocycles. The number of ketones is 1. The smallest absolute Gasteiger partial charge is 0.328 e. The van der Waals surface area contributed by atoms with Crippen molar-refractivity contribution < 1.29 is 23.7 Å². The molecule has 192 valence electrons. The molecule has 37 heavy (non-hydrogen) atoms. The number of urea groups is 1. The molecule has 3 aromatic rings. The van der Waals surface area contributed by atoms with Crippen LogP contribution in [-0.4, -0.2) is 56.9 Å². The van der Waals surface area contributed by atoms with E-state index in [0.29, 0.717) is 17.7 Å². The average Bonchev–Trinajstić information content (AvgIpc) is 3.41. The molecule has 0 spiro atoms. The molecule has 2 N–H and O–H groups in total. The molecule has 0 aliphatic carbocycles. The molecular formula is C27H29N5O5. The van der Waals surface area contributed by atoms with Gasteiger partial charge in [0, 0.05) is 25.2 Å². The Morgan fingerprint density at radius 1 is 1.11 bits per heavy atom. The van der Waals surface area contributed by atoms with E-state index in [-0.39, 0.29) is 30.2 Å². The first kappa shape index (κ1) is 25.7. The van der Waals surface area contributed by atoms with Crippen molar-refractivity contribution in [3.63, 3.8) is 0 Å². The number of nitrogens with zero attached hydrogens (tertiary/aromatic N) is 4. The van der Waals surface area contributed by atoms with E-state index >= 15 is 0 Å². The molecule has 3 atom stereocenters. The van der Waals surface area contributed by atoms with Crippen LogP contribution in [-0.2, 0) is 16.0 Å². The number of rotatable bonds is 10. The van der Waals surface area contributed by atoms with E-state index in [0.717, 1.165) is 16.0 Å². The van der Waals surface area contributed by atoms with Crippen molar-refractivity contribution in [1.82, 2.24) is 20.2 Å². The predicted molar refractivity (Wildman–Crippen MR) is 133 cm³/mol. The summed E-state index contributed by atoms with van der Waals surface area (Å²) in [6.07, 6.45) is 0.486. The number of primary amides is 1. The van der Waals surface area contributed by atoms with E-state index in [1.807, 2.05) is 31.2 Å². The summed E-state index contributed by atoms with van der Waals surface area (Å²) < 4.78 is 5.26. The third-order valence-corrected chi connectivity index (χ3v) is 6.56. The van der Waals surface area contributed by atoms with Gasteiger partial charge in [-0.05, 0) is 30.4 Å². The maximum Gasteiger partial charge on any atom is 0.328 e. The second-order valence-corrected chi connectivity index (χ2v) is 9.50. The summed E-state index contributed by atoms with van der Waals surface area (Å²) >= 11 is 0. The zero-order valence-corrected chi connectivity index (χ0v) is 21.0. The molecule has 0 unspecified atom stereocenters. The molecule has 10 heteroatoms. The van der Waals surface area contributed by atoms with E-state index in [4.69, 9.17) is 10.3 Å². The Morgan fingerprint density at radius 2 is 1.84 bits per heavy atom. The van der Waals surface area contributed by atoms with E-state index in [9.17, 15) is 19.2 Å². The number of carbonyl (C=O) groups excluding carboxylic acids is 4. The number of amides is 4. The number of carbonyl (C=O) groups is 4. The van der Waals surface area contributed by atoms with Crippen LogP contribution >= 0.6 is 0 Å². The number of aromatic nitrogens is 2. The van der Waals surface area contributed by atoms with Crippen LogP contribution in [0.3, 0.4) is 0 Å². The van der Waals surface area contributed by atoms with E-state index in [1.165, 1.54) is 11.9 Å². The Kier molecular flexibility index (Phi) is 7.47. The number of hydrogen-bond donors (Lipinski definition) is 1. The van der Waals surface area contributed by atoms with Crippen molar-refractivity contribution in [1.29, 1.82) is 0 Å². The molecule has 0 radical (unpaired) electrons. The van der Waals surface area contributed by atoms with Gasteiger partial charge in [0.2, 0.25) is 5.91 Å². The van der Waals surface area contributed by atoms with E-state index in [2.05, 4.69) is 10.4 Å². The van der Waals surface area contributed by atoms with Crippen LogP contribution in [0.4, 0.5) is 4.79 Å². The minimum atomic E-state index is -1.09. The fourth-order valence-electron chi connectivity index (χ4n) is 4.72. The molecule has 1 saturated heterocycles. The lowest BCUT2D eigenvalue weighted by Crippen LogP contribution is -2.48. The van der Waals surface area contributed by atoms with Crippen LogP contribution < -0.4 is 5.73 Å². The number of likely N-dealkylation sites (N-methyl/N-ethyl adjacent to an activating group) is 1. The van der Waals surface area contributed by atoms with Crippen molar-refractivity contribution >= 4 is 23.6 Å². The van der Waals surface area contributed by atoms with Gasteiger partial charge in [-0.1, -0.05) is 67.1 Å². The van der Waals surface area contributed by atoms with Crippen LogP contribution in [0.25, 0.3) is 0 Å². The van der Waals surface area contributed by atoms with E-state index in [1.54, 1.807) is 37.3 Å². The molecule has 2 aromatic carbocycles. The van der Waals surface area contributed by atoms with Crippen LogP contribution in [0.15, 0.2) is 59.1 Å². The molecule has 4 amide bonds. The molecule has 1 fully saturated rings. The summed E-state index contributed by atoms with van der Waals surface area (Å²) in [5.41, 5.74) is 8.48. The summed E-state index contributed by atoms with van der Waals surface area (Å²) in [6, 6.07) is 13.9. The highest BCUT2D eigenvalue weighted by molar-refractivity contribution is 6.06. The van der Waals surface area contributed by atoms with Crippen LogP contribution in [0.1, 0.15) is 58.7 Å². The number of hydrogen-bond acceptors (Lipinski definition) is 7. The SMILES string of the molecule is Cc1cccc(Cc2onnc2C(=O)C[C@@H](C)C[C@@H](C(N)=O)N2C(=O)N(C)C(=O)[C@H]2c2ccccc2)c1. The normalized spacial score (nSPS) is 17.2. The lowest BCUT2D eigenvalue weighted by Gasteiger charge is -2.30. The molecule has 1 aliphatic rings. The second-order valence-electron chi connectivity index (χ2n) is 9.50. The Hall–Kier alpha value is -4.34. The molecule has 10 nitrogen and oxygen atoms in total. The highest BCUT2D eigenvalue weighted by atomic mass is 16.5. The van der Waals surface area contributed by atoms with Crippen LogP contribution in [0, 0.1) is 12.8 Å². The number of imide groups is 1. The second kappa shape index (κ2) is 10.7. The van der Waals surface area contributed by atoms with Crippen molar-refractivity contribution in [3.05, 3.63) is 82.7 Å². The summed E-state index contributed by atoms with van der Waals surface area (Å²) in [5.74, 6) is -1.49. The summed E-state index contributed by atoms with van der Waals surface area (Å²) in [5, 5.41) is 7.46. The topological polar surface area (TPSA) is 140 Å². The minimum absolute atomic E-state index is 0.0284. The van der Waals surface area contributed by atoms with Gasteiger partial charge in [-0.3, -0.25) is 24.2 Å². The monoisotopic (exact) mass is 503 g/mol. The Morgan fingerprint density at radius 3 is 2.51 bits per heavy atom. The van der Waals surface area contributed by atoms with Gasteiger partial charge in [-0.25, -0.2) is 4.79 Å². The predicted octanol–water partition coefficient (Wildman–Crippen LogP) is 3.06. The van der Waals surface area contributed by atoms with Crippen LogP contribution in [0.2, 0.25) is 0 Å². The van der Waals surface area contributed by atoms with Gasteiger partial charge >= 0.3 is 6.03 Å². The molecular weight excluding hydrogens is 474 g/mol. The first-order valence-corrected chi connectivity index (χ1v) is 12.0. The van der Waals surface area contributed by atoms with Gasteiger partial charge < -0.3 is 10.3 Å². The number of nitrogens with two attached hydrogens (primary N) is 1. The highest BCUT2D eigenvalue weighted by Gasteiger charge is 2.48. The van der Waals surface area contributed by atoms with Gasteiger partial charge in [0.25, 0.3) is 5.91 Å². The fraction of sp³-hybridized carbons (Fsp3) is 0.333. The van der Waals surface area contributed by atoms with Gasteiger partial charge in [0.05, 0.1) is 0 Å². The quantitative estimate of drug-likeness (QED) is 0.331. The van der Waals surface area contributed by atoms with Crippen molar-refractivity contribution in [2.24, 2.45) is 11.7 Å². The van der Waals surface area contributed by atoms with Gasteiger partial charge in [-0.15, -0.1) is 5.10 Å². The van der Waals surface area contributed by atoms with Crippen molar-refractivity contribution in [2.45, 2.75) is 45.2 Å². The molecule has 1 aromatic heterocycles. The molecule has 2 heterocycles. The van der Waals surface area contributed by atoms with Crippen molar-refractivity contribution in [3.8, 4) is 0 Å². The first-order chi connectivity index (χ1) is 17.7. The maximum absolute atomic E-state index is 13.1. The Balaban J connectivity index is 1.50. The lowest BCUT2D eigenvalue weighted by molar-refractivity contribution is -0.129. The summed E-state index contributed by atoms with van der Waals surface area (Å²) in [7, 11) is 1.37. The first-order valence-electron chi connectivity index (χ1n) is 12.0. The van der Waals surface area contributed by atoms with Crippen molar-refractivity contribution in [2.75, 3.05) is 7.05 Å². The zero-order valence-electron chi connectivity index (χ0n) is 21.0. The summed E-state index contributed by atoms with van der Waals surface area (Å²) in [4.78, 5) is 53.8. The van der Waals surface area contributed by atoms with E-state index < -0.39 is 29.9 Å².